The molecule has 5 nitrogen and oxygen atoms in total. The normalized spacial score (nSPS) is 13.7. The zero-order valence-electron chi connectivity index (χ0n) is 14.1. The van der Waals surface area contributed by atoms with Gasteiger partial charge >= 0.3 is 6.03 Å². The molecule has 0 fully saturated rings. The molecule has 0 saturated carbocycles. The number of urea groups is 1. The Bertz CT molecular complexity index is 446. The molecule has 1 rings (SSSR count). The van der Waals surface area contributed by atoms with Gasteiger partial charge in [0, 0.05) is 19.2 Å². The van der Waals surface area contributed by atoms with Gasteiger partial charge in [-0.05, 0) is 46.3 Å². The molecular formula is C17H29N3O2. The van der Waals surface area contributed by atoms with Crippen LogP contribution in [0.4, 0.5) is 4.79 Å². The average Bonchev–Trinajstić information content (AvgIpc) is 2.46. The molecule has 124 valence electrons. The number of carbonyl (C=O) groups excluding carboxylic acids is 1. The highest BCUT2D eigenvalue weighted by atomic mass is 16.3. The van der Waals surface area contributed by atoms with Gasteiger partial charge in [-0.25, -0.2) is 4.79 Å². The van der Waals surface area contributed by atoms with Crippen molar-refractivity contribution in [3.8, 4) is 0 Å². The van der Waals surface area contributed by atoms with Crippen molar-refractivity contribution in [2.75, 3.05) is 27.2 Å². The second-order valence-corrected chi connectivity index (χ2v) is 6.01. The third kappa shape index (κ3) is 6.45. The Kier molecular flexibility index (Phi) is 7.91. The predicted molar refractivity (Wildman–Crippen MR) is 89.9 cm³/mol. The monoisotopic (exact) mass is 307 g/mol. The Balaban J connectivity index is 2.51. The molecule has 0 aliphatic rings. The summed E-state index contributed by atoms with van der Waals surface area (Å²) in [5.74, 6) is 0. The standard InChI is InChI=1S/C17H29N3O2/c1-13-7-9-15(10-8-13)16(20(3)4)12-18-17(22)19-14(2)6-5-11-21/h7-10,14,16,21H,5-6,11-12H2,1-4H3,(H2,18,19,22). The van der Waals surface area contributed by atoms with E-state index in [0.29, 0.717) is 13.0 Å². The maximum Gasteiger partial charge on any atom is 0.315 e. The van der Waals surface area contributed by atoms with Crippen molar-refractivity contribution in [2.24, 2.45) is 0 Å². The molecule has 0 heterocycles. The van der Waals surface area contributed by atoms with E-state index in [1.165, 1.54) is 11.1 Å². The molecule has 0 radical (unpaired) electrons. The van der Waals surface area contributed by atoms with E-state index in [-0.39, 0.29) is 24.7 Å². The Morgan fingerprint density at radius 3 is 2.45 bits per heavy atom. The van der Waals surface area contributed by atoms with E-state index >= 15 is 0 Å². The van der Waals surface area contributed by atoms with E-state index < -0.39 is 0 Å². The molecule has 0 spiro atoms. The van der Waals surface area contributed by atoms with E-state index in [4.69, 9.17) is 5.11 Å². The summed E-state index contributed by atoms with van der Waals surface area (Å²) in [6.07, 6.45) is 1.48. The van der Waals surface area contributed by atoms with Crippen molar-refractivity contribution >= 4 is 6.03 Å². The lowest BCUT2D eigenvalue weighted by Crippen LogP contribution is -2.43. The van der Waals surface area contributed by atoms with E-state index in [1.807, 2.05) is 21.0 Å². The van der Waals surface area contributed by atoms with Gasteiger partial charge < -0.3 is 20.6 Å². The van der Waals surface area contributed by atoms with Crippen molar-refractivity contribution in [1.29, 1.82) is 0 Å². The molecule has 2 atom stereocenters. The molecule has 2 amide bonds. The molecule has 1 aromatic carbocycles. The summed E-state index contributed by atoms with van der Waals surface area (Å²) >= 11 is 0. The van der Waals surface area contributed by atoms with Crippen molar-refractivity contribution < 1.29 is 9.90 Å². The minimum atomic E-state index is -0.163. The number of aliphatic hydroxyl groups is 1. The third-order valence-corrected chi connectivity index (χ3v) is 3.71. The average molecular weight is 307 g/mol. The third-order valence-electron chi connectivity index (χ3n) is 3.71. The molecule has 22 heavy (non-hydrogen) atoms. The first-order chi connectivity index (χ1) is 10.4. The van der Waals surface area contributed by atoms with Gasteiger partial charge in [-0.2, -0.15) is 0 Å². The fourth-order valence-electron chi connectivity index (χ4n) is 2.32. The van der Waals surface area contributed by atoms with Crippen LogP contribution in [0.2, 0.25) is 0 Å². The number of hydrogen-bond donors (Lipinski definition) is 3. The van der Waals surface area contributed by atoms with Gasteiger partial charge in [0.05, 0.1) is 6.04 Å². The zero-order valence-corrected chi connectivity index (χ0v) is 14.1. The Morgan fingerprint density at radius 2 is 1.91 bits per heavy atom. The summed E-state index contributed by atoms with van der Waals surface area (Å²) < 4.78 is 0. The second kappa shape index (κ2) is 9.43. The molecule has 0 aliphatic heterocycles. The highest BCUT2D eigenvalue weighted by Crippen LogP contribution is 2.17. The Hall–Kier alpha value is -1.59. The lowest BCUT2D eigenvalue weighted by Gasteiger charge is -2.25. The van der Waals surface area contributed by atoms with Gasteiger partial charge in [-0.15, -0.1) is 0 Å². The molecule has 2 unspecified atom stereocenters. The van der Waals surface area contributed by atoms with Crippen LogP contribution in [0.1, 0.15) is 36.9 Å². The SMILES string of the molecule is Cc1ccc(C(CNC(=O)NC(C)CCCO)N(C)C)cc1. The lowest BCUT2D eigenvalue weighted by atomic mass is 10.0. The smallest absolute Gasteiger partial charge is 0.315 e. The fourth-order valence-corrected chi connectivity index (χ4v) is 2.32. The summed E-state index contributed by atoms with van der Waals surface area (Å²) in [6.45, 7) is 4.71. The van der Waals surface area contributed by atoms with Crippen LogP contribution >= 0.6 is 0 Å². The zero-order chi connectivity index (χ0) is 16.5. The van der Waals surface area contributed by atoms with Crippen LogP contribution in [0.3, 0.4) is 0 Å². The van der Waals surface area contributed by atoms with Gasteiger partial charge in [-0.1, -0.05) is 29.8 Å². The van der Waals surface area contributed by atoms with Crippen LogP contribution in [0.15, 0.2) is 24.3 Å². The number of carbonyl (C=O) groups is 1. The van der Waals surface area contributed by atoms with Gasteiger partial charge in [0.1, 0.15) is 0 Å². The second-order valence-electron chi connectivity index (χ2n) is 6.01. The van der Waals surface area contributed by atoms with Crippen molar-refractivity contribution in [2.45, 2.75) is 38.8 Å². The van der Waals surface area contributed by atoms with Crippen LogP contribution in [0.5, 0.6) is 0 Å². The number of hydrogen-bond acceptors (Lipinski definition) is 3. The molecule has 0 aliphatic carbocycles. The number of nitrogens with zero attached hydrogens (tertiary/aromatic N) is 1. The van der Waals surface area contributed by atoms with E-state index in [2.05, 4.69) is 46.7 Å². The number of nitrogens with one attached hydrogen (secondary N) is 2. The highest BCUT2D eigenvalue weighted by molar-refractivity contribution is 5.74. The number of amides is 2. The Labute approximate surface area is 133 Å². The molecule has 0 aromatic heterocycles. The summed E-state index contributed by atoms with van der Waals surface area (Å²) in [4.78, 5) is 14.0. The topological polar surface area (TPSA) is 64.6 Å². The molecular weight excluding hydrogens is 278 g/mol. The van der Waals surface area contributed by atoms with Crippen LogP contribution in [0, 0.1) is 6.92 Å². The van der Waals surface area contributed by atoms with Crippen LogP contribution in [-0.2, 0) is 0 Å². The molecule has 1 aromatic rings. The van der Waals surface area contributed by atoms with Gasteiger partial charge in [0.25, 0.3) is 0 Å². The maximum absolute atomic E-state index is 11.9. The quantitative estimate of drug-likeness (QED) is 0.689. The molecule has 3 N–H and O–H groups in total. The number of benzene rings is 1. The van der Waals surface area contributed by atoms with E-state index in [9.17, 15) is 4.79 Å². The van der Waals surface area contributed by atoms with Crippen molar-refractivity contribution in [3.05, 3.63) is 35.4 Å². The number of rotatable bonds is 8. The fraction of sp³-hybridized carbons (Fsp3) is 0.588. The maximum atomic E-state index is 11.9. The largest absolute Gasteiger partial charge is 0.396 e. The van der Waals surface area contributed by atoms with Gasteiger partial charge in [0.2, 0.25) is 0 Å². The van der Waals surface area contributed by atoms with E-state index in [1.54, 1.807) is 0 Å². The van der Waals surface area contributed by atoms with Gasteiger partial charge in [0.15, 0.2) is 0 Å². The first-order valence-corrected chi connectivity index (χ1v) is 7.82. The minimum Gasteiger partial charge on any atom is -0.396 e. The summed E-state index contributed by atoms with van der Waals surface area (Å²) in [6, 6.07) is 8.41. The number of aliphatic hydroxyl groups excluding tert-OH is 1. The van der Waals surface area contributed by atoms with Crippen LogP contribution < -0.4 is 10.6 Å². The number of likely N-dealkylation sites (N-methyl/N-ethyl adjacent to an activating group) is 1. The van der Waals surface area contributed by atoms with E-state index in [0.717, 1.165) is 6.42 Å². The van der Waals surface area contributed by atoms with Crippen molar-refractivity contribution in [1.82, 2.24) is 15.5 Å². The first kappa shape index (κ1) is 18.5. The van der Waals surface area contributed by atoms with Gasteiger partial charge in [-0.3, -0.25) is 0 Å². The summed E-state index contributed by atoms with van der Waals surface area (Å²) in [7, 11) is 4.02. The highest BCUT2D eigenvalue weighted by Gasteiger charge is 2.15. The van der Waals surface area contributed by atoms with Crippen molar-refractivity contribution in [3.63, 3.8) is 0 Å². The minimum absolute atomic E-state index is 0.0596. The Morgan fingerprint density at radius 1 is 1.27 bits per heavy atom. The lowest BCUT2D eigenvalue weighted by molar-refractivity contribution is 0.227. The molecule has 0 bridgehead atoms. The summed E-state index contributed by atoms with van der Waals surface area (Å²) in [5.41, 5.74) is 2.41. The predicted octanol–water partition coefficient (Wildman–Crippen LogP) is 2.06. The first-order valence-electron chi connectivity index (χ1n) is 7.82. The summed E-state index contributed by atoms with van der Waals surface area (Å²) in [5, 5.41) is 14.6. The van der Waals surface area contributed by atoms with Crippen LogP contribution in [-0.4, -0.2) is 49.3 Å². The van der Waals surface area contributed by atoms with Crippen LogP contribution in [0.25, 0.3) is 0 Å². The number of aryl methyl sites for hydroxylation is 1. The molecule has 0 saturated heterocycles. The molecule has 5 heteroatoms.